The van der Waals surface area contributed by atoms with Crippen LogP contribution in [0.5, 0.6) is 0 Å². The molecular weight excluding hydrogens is 226 g/mol. The van der Waals surface area contributed by atoms with E-state index in [1.54, 1.807) is 11.3 Å². The van der Waals surface area contributed by atoms with Crippen molar-refractivity contribution in [2.24, 2.45) is 0 Å². The first-order valence-corrected chi connectivity index (χ1v) is 6.04. The molecule has 0 aliphatic carbocycles. The van der Waals surface area contributed by atoms with E-state index in [1.165, 1.54) is 4.88 Å². The van der Waals surface area contributed by atoms with Gasteiger partial charge >= 0.3 is 0 Å². The van der Waals surface area contributed by atoms with Gasteiger partial charge in [0, 0.05) is 22.1 Å². The maximum absolute atomic E-state index is 6.04. The van der Waals surface area contributed by atoms with Crippen LogP contribution in [0.2, 0.25) is 5.02 Å². The minimum absolute atomic E-state index is 0.811. The molecule has 3 heteroatoms. The Kier molecular flexibility index (Phi) is 3.29. The van der Waals surface area contributed by atoms with Crippen LogP contribution in [0.4, 0.5) is 5.69 Å². The molecule has 0 bridgehead atoms. The maximum Gasteiger partial charge on any atom is 0.0494 e. The SMILES string of the molecule is Cc1c(Cl)cccc1NCc1cccs1. The Labute approximate surface area is 98.7 Å². The van der Waals surface area contributed by atoms with Gasteiger partial charge in [-0.25, -0.2) is 0 Å². The summed E-state index contributed by atoms with van der Waals surface area (Å²) in [6.07, 6.45) is 0. The fourth-order valence-corrected chi connectivity index (χ4v) is 2.21. The second-order valence-corrected chi connectivity index (χ2v) is 4.78. The van der Waals surface area contributed by atoms with Crippen LogP contribution in [0.15, 0.2) is 35.7 Å². The summed E-state index contributed by atoms with van der Waals surface area (Å²) in [5, 5.41) is 6.28. The van der Waals surface area contributed by atoms with Crippen molar-refractivity contribution in [1.82, 2.24) is 0 Å². The third-order valence-corrected chi connectivity index (χ3v) is 3.59. The average molecular weight is 238 g/mol. The van der Waals surface area contributed by atoms with E-state index >= 15 is 0 Å². The van der Waals surface area contributed by atoms with Crippen LogP contribution in [0.25, 0.3) is 0 Å². The van der Waals surface area contributed by atoms with E-state index in [4.69, 9.17) is 11.6 Å². The highest BCUT2D eigenvalue weighted by molar-refractivity contribution is 7.09. The van der Waals surface area contributed by atoms with Crippen LogP contribution in [0.3, 0.4) is 0 Å². The minimum atomic E-state index is 0.811. The predicted molar refractivity (Wildman–Crippen MR) is 67.8 cm³/mol. The first-order chi connectivity index (χ1) is 7.27. The molecule has 1 heterocycles. The van der Waals surface area contributed by atoms with Gasteiger partial charge in [-0.1, -0.05) is 23.7 Å². The van der Waals surface area contributed by atoms with E-state index in [1.807, 2.05) is 19.1 Å². The molecule has 1 aromatic heterocycles. The lowest BCUT2D eigenvalue weighted by Crippen LogP contribution is -1.99. The quantitative estimate of drug-likeness (QED) is 0.838. The Morgan fingerprint density at radius 2 is 2.13 bits per heavy atom. The summed E-state index contributed by atoms with van der Waals surface area (Å²) >= 11 is 7.79. The Balaban J connectivity index is 2.08. The highest BCUT2D eigenvalue weighted by Gasteiger charge is 2.01. The highest BCUT2D eigenvalue weighted by atomic mass is 35.5. The minimum Gasteiger partial charge on any atom is -0.380 e. The first-order valence-electron chi connectivity index (χ1n) is 4.79. The lowest BCUT2D eigenvalue weighted by molar-refractivity contribution is 1.18. The third-order valence-electron chi connectivity index (χ3n) is 2.30. The van der Waals surface area contributed by atoms with Crippen molar-refractivity contribution in [1.29, 1.82) is 0 Å². The molecule has 0 atom stereocenters. The second kappa shape index (κ2) is 4.69. The van der Waals surface area contributed by atoms with Gasteiger partial charge in [0.15, 0.2) is 0 Å². The van der Waals surface area contributed by atoms with Crippen molar-refractivity contribution in [3.8, 4) is 0 Å². The van der Waals surface area contributed by atoms with Crippen LogP contribution in [0, 0.1) is 6.92 Å². The van der Waals surface area contributed by atoms with Gasteiger partial charge in [-0.2, -0.15) is 0 Å². The fraction of sp³-hybridized carbons (Fsp3) is 0.167. The zero-order chi connectivity index (χ0) is 10.7. The molecule has 0 unspecified atom stereocenters. The summed E-state index contributed by atoms with van der Waals surface area (Å²) in [6.45, 7) is 2.89. The van der Waals surface area contributed by atoms with Crippen LogP contribution in [-0.4, -0.2) is 0 Å². The van der Waals surface area contributed by atoms with Gasteiger partial charge in [0.1, 0.15) is 0 Å². The molecule has 0 fully saturated rings. The van der Waals surface area contributed by atoms with E-state index in [0.717, 1.165) is 22.8 Å². The van der Waals surface area contributed by atoms with E-state index in [-0.39, 0.29) is 0 Å². The third kappa shape index (κ3) is 2.52. The summed E-state index contributed by atoms with van der Waals surface area (Å²) < 4.78 is 0. The molecule has 1 aromatic carbocycles. The Morgan fingerprint density at radius 1 is 1.27 bits per heavy atom. The predicted octanol–water partition coefficient (Wildman–Crippen LogP) is 4.32. The van der Waals surface area contributed by atoms with Crippen molar-refractivity contribution in [2.45, 2.75) is 13.5 Å². The van der Waals surface area contributed by atoms with Crippen molar-refractivity contribution < 1.29 is 0 Å². The van der Waals surface area contributed by atoms with E-state index in [0.29, 0.717) is 0 Å². The zero-order valence-corrected chi connectivity index (χ0v) is 10.0. The van der Waals surface area contributed by atoms with Crippen molar-refractivity contribution in [3.63, 3.8) is 0 Å². The Hall–Kier alpha value is -0.990. The highest BCUT2D eigenvalue weighted by Crippen LogP contribution is 2.23. The van der Waals surface area contributed by atoms with Crippen molar-refractivity contribution >= 4 is 28.6 Å². The number of halogens is 1. The van der Waals surface area contributed by atoms with Gasteiger partial charge < -0.3 is 5.32 Å². The molecule has 0 radical (unpaired) electrons. The maximum atomic E-state index is 6.04. The van der Waals surface area contributed by atoms with Crippen LogP contribution in [0.1, 0.15) is 10.4 Å². The van der Waals surface area contributed by atoms with Crippen molar-refractivity contribution in [2.75, 3.05) is 5.32 Å². The Morgan fingerprint density at radius 3 is 2.87 bits per heavy atom. The molecule has 0 spiro atoms. The molecule has 0 saturated heterocycles. The fourth-order valence-electron chi connectivity index (χ4n) is 1.39. The molecule has 78 valence electrons. The van der Waals surface area contributed by atoms with Crippen LogP contribution < -0.4 is 5.32 Å². The monoisotopic (exact) mass is 237 g/mol. The number of thiophene rings is 1. The number of hydrogen-bond acceptors (Lipinski definition) is 2. The number of hydrogen-bond donors (Lipinski definition) is 1. The normalized spacial score (nSPS) is 10.3. The molecule has 2 rings (SSSR count). The standard InChI is InChI=1S/C12H12ClNS/c1-9-11(13)5-2-6-12(9)14-8-10-4-3-7-15-10/h2-7,14H,8H2,1H3. The van der Waals surface area contributed by atoms with Gasteiger partial charge in [-0.15, -0.1) is 11.3 Å². The zero-order valence-electron chi connectivity index (χ0n) is 8.46. The molecule has 0 aliphatic rings. The van der Waals surface area contributed by atoms with E-state index in [9.17, 15) is 0 Å². The molecule has 1 N–H and O–H groups in total. The average Bonchev–Trinajstić information content (AvgIpc) is 2.73. The van der Waals surface area contributed by atoms with Crippen LogP contribution >= 0.6 is 22.9 Å². The van der Waals surface area contributed by atoms with Gasteiger partial charge in [-0.3, -0.25) is 0 Å². The molecular formula is C12H12ClNS. The van der Waals surface area contributed by atoms with Crippen LogP contribution in [-0.2, 0) is 6.54 Å². The molecule has 15 heavy (non-hydrogen) atoms. The first kappa shape index (κ1) is 10.5. The number of rotatable bonds is 3. The summed E-state index contributed by atoms with van der Waals surface area (Å²) in [7, 11) is 0. The molecule has 0 aliphatic heterocycles. The number of benzene rings is 1. The topological polar surface area (TPSA) is 12.0 Å². The summed E-state index contributed by atoms with van der Waals surface area (Å²) in [5.41, 5.74) is 2.21. The van der Waals surface area contributed by atoms with Gasteiger partial charge in [0.05, 0.1) is 0 Å². The van der Waals surface area contributed by atoms with Crippen molar-refractivity contribution in [3.05, 3.63) is 51.2 Å². The lowest BCUT2D eigenvalue weighted by atomic mass is 10.2. The molecule has 2 aromatic rings. The van der Waals surface area contributed by atoms with E-state index in [2.05, 4.69) is 28.9 Å². The number of anilines is 1. The largest absolute Gasteiger partial charge is 0.380 e. The molecule has 0 amide bonds. The molecule has 0 saturated carbocycles. The lowest BCUT2D eigenvalue weighted by Gasteiger charge is -2.09. The Bertz CT molecular complexity index is 437. The van der Waals surface area contributed by atoms with Gasteiger partial charge in [-0.05, 0) is 36.1 Å². The second-order valence-electron chi connectivity index (χ2n) is 3.35. The summed E-state index contributed by atoms with van der Waals surface area (Å²) in [4.78, 5) is 1.33. The summed E-state index contributed by atoms with van der Waals surface area (Å²) in [6, 6.07) is 10.1. The van der Waals surface area contributed by atoms with Gasteiger partial charge in [0.25, 0.3) is 0 Å². The van der Waals surface area contributed by atoms with E-state index < -0.39 is 0 Å². The van der Waals surface area contributed by atoms with Gasteiger partial charge in [0.2, 0.25) is 0 Å². The summed E-state index contributed by atoms with van der Waals surface area (Å²) in [5.74, 6) is 0. The molecule has 1 nitrogen and oxygen atoms in total. The smallest absolute Gasteiger partial charge is 0.0494 e. The number of nitrogens with one attached hydrogen (secondary N) is 1.